The Hall–Kier alpha value is -1.96. The van der Waals surface area contributed by atoms with Crippen molar-refractivity contribution in [2.24, 2.45) is 5.92 Å². The summed E-state index contributed by atoms with van der Waals surface area (Å²) in [5, 5.41) is 17.0. The Morgan fingerprint density at radius 1 is 1.55 bits per heavy atom. The smallest absolute Gasteiger partial charge is 0.307 e. The van der Waals surface area contributed by atoms with Gasteiger partial charge in [-0.05, 0) is 18.8 Å². The third kappa shape index (κ3) is 4.80. The molecule has 1 aliphatic carbocycles. The number of hydrogen-bond acceptors (Lipinski definition) is 5. The summed E-state index contributed by atoms with van der Waals surface area (Å²) in [6, 6.07) is 0. The van der Waals surface area contributed by atoms with Gasteiger partial charge in [0.25, 0.3) is 0 Å². The zero-order valence-corrected chi connectivity index (χ0v) is 12.7. The maximum atomic E-state index is 11.7. The zero-order valence-electron chi connectivity index (χ0n) is 12.7. The van der Waals surface area contributed by atoms with Crippen LogP contribution in [0.5, 0.6) is 0 Å². The van der Waals surface area contributed by atoms with Crippen LogP contribution < -0.4 is 5.32 Å². The van der Waals surface area contributed by atoms with Crippen LogP contribution in [0.2, 0.25) is 0 Å². The van der Waals surface area contributed by atoms with Gasteiger partial charge in [-0.2, -0.15) is 5.10 Å². The summed E-state index contributed by atoms with van der Waals surface area (Å²) >= 11 is 0. The minimum atomic E-state index is -0.541. The molecule has 0 unspecified atom stereocenters. The fraction of sp³-hybridized carbons (Fsp3) is 0.714. The van der Waals surface area contributed by atoms with Gasteiger partial charge in [-0.25, -0.2) is 0 Å². The van der Waals surface area contributed by atoms with Crippen LogP contribution in [0.3, 0.4) is 0 Å². The molecule has 0 spiro atoms. The molecule has 0 bridgehead atoms. The Bertz CT molecular complexity index is 517. The lowest BCUT2D eigenvalue weighted by Crippen LogP contribution is -2.33. The summed E-state index contributed by atoms with van der Waals surface area (Å²) < 4.78 is 7.05. The van der Waals surface area contributed by atoms with Gasteiger partial charge >= 0.3 is 5.69 Å². The third-order valence-corrected chi connectivity index (χ3v) is 3.92. The van der Waals surface area contributed by atoms with Crippen LogP contribution >= 0.6 is 0 Å². The molecule has 2 rings (SSSR count). The molecule has 0 saturated heterocycles. The first-order chi connectivity index (χ1) is 10.6. The van der Waals surface area contributed by atoms with Crippen molar-refractivity contribution < 1.29 is 14.5 Å². The Kier molecular flexibility index (Phi) is 5.88. The second kappa shape index (κ2) is 7.88. The quantitative estimate of drug-likeness (QED) is 0.467. The average molecular weight is 310 g/mol. The van der Waals surface area contributed by atoms with Crippen molar-refractivity contribution in [2.45, 2.75) is 45.3 Å². The summed E-state index contributed by atoms with van der Waals surface area (Å²) in [6.45, 7) is 3.09. The molecule has 1 fully saturated rings. The van der Waals surface area contributed by atoms with Gasteiger partial charge in [0.1, 0.15) is 18.9 Å². The normalized spacial score (nSPS) is 21.5. The van der Waals surface area contributed by atoms with Crippen molar-refractivity contribution in [3.63, 3.8) is 0 Å². The van der Waals surface area contributed by atoms with E-state index in [9.17, 15) is 14.9 Å². The molecule has 122 valence electrons. The van der Waals surface area contributed by atoms with Gasteiger partial charge in [0.15, 0.2) is 0 Å². The minimum absolute atomic E-state index is 0.0341. The van der Waals surface area contributed by atoms with E-state index >= 15 is 0 Å². The molecule has 0 aliphatic heterocycles. The fourth-order valence-corrected chi connectivity index (χ4v) is 2.67. The summed E-state index contributed by atoms with van der Waals surface area (Å²) in [5.74, 6) is 0.340. The monoisotopic (exact) mass is 310 g/mol. The van der Waals surface area contributed by atoms with Gasteiger partial charge in [0, 0.05) is 6.54 Å². The number of amides is 1. The molecule has 8 heteroatoms. The second-order valence-corrected chi connectivity index (χ2v) is 5.67. The van der Waals surface area contributed by atoms with E-state index < -0.39 is 4.92 Å². The Morgan fingerprint density at radius 3 is 3.00 bits per heavy atom. The molecule has 8 nitrogen and oxygen atoms in total. The van der Waals surface area contributed by atoms with E-state index in [1.165, 1.54) is 30.1 Å². The second-order valence-electron chi connectivity index (χ2n) is 5.67. The van der Waals surface area contributed by atoms with Crippen LogP contribution in [-0.2, 0) is 16.1 Å². The van der Waals surface area contributed by atoms with Crippen molar-refractivity contribution in [3.05, 3.63) is 22.5 Å². The van der Waals surface area contributed by atoms with E-state index in [4.69, 9.17) is 4.74 Å². The number of carbonyl (C=O) groups is 1. The van der Waals surface area contributed by atoms with Gasteiger partial charge < -0.3 is 10.1 Å². The molecule has 1 heterocycles. The van der Waals surface area contributed by atoms with Crippen molar-refractivity contribution in [3.8, 4) is 0 Å². The van der Waals surface area contributed by atoms with Gasteiger partial charge in [-0.3, -0.25) is 19.6 Å². The van der Waals surface area contributed by atoms with Crippen LogP contribution in [-0.4, -0.2) is 39.9 Å². The van der Waals surface area contributed by atoms with Crippen molar-refractivity contribution in [2.75, 3.05) is 13.2 Å². The number of rotatable bonds is 7. The maximum Gasteiger partial charge on any atom is 0.307 e. The topological polar surface area (TPSA) is 99.3 Å². The lowest BCUT2D eigenvalue weighted by molar-refractivity contribution is -0.385. The summed E-state index contributed by atoms with van der Waals surface area (Å²) in [7, 11) is 0. The molecule has 22 heavy (non-hydrogen) atoms. The van der Waals surface area contributed by atoms with Crippen LogP contribution in [0.4, 0.5) is 5.69 Å². The summed E-state index contributed by atoms with van der Waals surface area (Å²) in [4.78, 5) is 21.7. The Morgan fingerprint density at radius 2 is 2.32 bits per heavy atom. The highest BCUT2D eigenvalue weighted by Gasteiger charge is 2.21. The first kappa shape index (κ1) is 16.4. The SMILES string of the molecule is C[C@@H]1CCCC[C@@H]1OCCNC(=O)Cn1cc([N+](=O)[O-])cn1. The number of hydrogen-bond donors (Lipinski definition) is 1. The van der Waals surface area contributed by atoms with Gasteiger partial charge in [0.2, 0.25) is 5.91 Å². The number of nitrogens with one attached hydrogen (secondary N) is 1. The molecule has 0 radical (unpaired) electrons. The third-order valence-electron chi connectivity index (χ3n) is 3.92. The summed E-state index contributed by atoms with van der Waals surface area (Å²) in [6.07, 6.45) is 7.43. The van der Waals surface area contributed by atoms with Gasteiger partial charge in [-0.15, -0.1) is 0 Å². The van der Waals surface area contributed by atoms with Crippen molar-refractivity contribution in [1.29, 1.82) is 0 Å². The van der Waals surface area contributed by atoms with Crippen LogP contribution in [0.1, 0.15) is 32.6 Å². The highest BCUT2D eigenvalue weighted by atomic mass is 16.6. The maximum absolute atomic E-state index is 11.7. The number of nitro groups is 1. The van der Waals surface area contributed by atoms with Gasteiger partial charge in [-0.1, -0.05) is 19.8 Å². The molecule has 1 aromatic heterocycles. The van der Waals surface area contributed by atoms with E-state index in [0.29, 0.717) is 25.2 Å². The first-order valence-electron chi connectivity index (χ1n) is 7.61. The van der Waals surface area contributed by atoms with Gasteiger partial charge in [0.05, 0.1) is 17.6 Å². The molecule has 1 N–H and O–H groups in total. The van der Waals surface area contributed by atoms with Crippen molar-refractivity contribution in [1.82, 2.24) is 15.1 Å². The predicted molar refractivity (Wildman–Crippen MR) is 79.3 cm³/mol. The minimum Gasteiger partial charge on any atom is -0.376 e. The number of aromatic nitrogens is 2. The largest absolute Gasteiger partial charge is 0.376 e. The molecular weight excluding hydrogens is 288 g/mol. The Balaban J connectivity index is 1.64. The molecule has 1 aromatic rings. The lowest BCUT2D eigenvalue weighted by Gasteiger charge is -2.28. The standard InChI is InChI=1S/C14H22N4O4/c1-11-4-2-3-5-13(11)22-7-6-15-14(19)10-17-9-12(8-16-17)18(20)21/h8-9,11,13H,2-7,10H2,1H3,(H,15,19)/t11-,13+/m1/s1. The van der Waals surface area contributed by atoms with Crippen LogP contribution in [0.25, 0.3) is 0 Å². The summed E-state index contributed by atoms with van der Waals surface area (Å²) in [5.41, 5.74) is -0.123. The number of ether oxygens (including phenoxy) is 1. The molecule has 1 saturated carbocycles. The molecular formula is C14H22N4O4. The molecule has 1 aliphatic rings. The van der Waals surface area contributed by atoms with E-state index in [2.05, 4.69) is 17.3 Å². The lowest BCUT2D eigenvalue weighted by atomic mass is 9.88. The predicted octanol–water partition coefficient (Wildman–Crippen LogP) is 1.50. The van der Waals surface area contributed by atoms with E-state index in [-0.39, 0.29) is 18.1 Å². The molecule has 1 amide bonds. The fourth-order valence-electron chi connectivity index (χ4n) is 2.67. The van der Waals surface area contributed by atoms with E-state index in [0.717, 1.165) is 12.6 Å². The number of nitrogens with zero attached hydrogens (tertiary/aromatic N) is 3. The number of carbonyl (C=O) groups excluding carboxylic acids is 1. The van der Waals surface area contributed by atoms with Crippen LogP contribution in [0, 0.1) is 16.0 Å². The Labute approximate surface area is 129 Å². The van der Waals surface area contributed by atoms with Crippen LogP contribution in [0.15, 0.2) is 12.4 Å². The van der Waals surface area contributed by atoms with E-state index in [1.807, 2.05) is 0 Å². The highest BCUT2D eigenvalue weighted by Crippen LogP contribution is 2.25. The first-order valence-corrected chi connectivity index (χ1v) is 7.61. The molecule has 2 atom stereocenters. The van der Waals surface area contributed by atoms with E-state index in [1.54, 1.807) is 0 Å². The zero-order chi connectivity index (χ0) is 15.9. The highest BCUT2D eigenvalue weighted by molar-refractivity contribution is 5.75. The average Bonchev–Trinajstić information content (AvgIpc) is 2.94. The van der Waals surface area contributed by atoms with Crippen molar-refractivity contribution >= 4 is 11.6 Å². The molecule has 0 aromatic carbocycles.